The number of hydrogen-bond acceptors (Lipinski definition) is 4. The largest absolute Gasteiger partial charge is 0.378 e. The number of aromatic nitrogens is 1. The highest BCUT2D eigenvalue weighted by Crippen LogP contribution is 2.37. The Morgan fingerprint density at radius 1 is 1.42 bits per heavy atom. The van der Waals surface area contributed by atoms with Gasteiger partial charge in [0.15, 0.2) is 5.78 Å². The Balaban J connectivity index is 1.76. The van der Waals surface area contributed by atoms with Gasteiger partial charge in [-0.05, 0) is 34.8 Å². The fraction of sp³-hybridized carbons (Fsp3) is 0.571. The molecule has 1 aromatic heterocycles. The smallest absolute Gasteiger partial charge is 0.167 e. The molecule has 2 aliphatic heterocycles. The van der Waals surface area contributed by atoms with Gasteiger partial charge in [-0.15, -0.1) is 0 Å². The van der Waals surface area contributed by atoms with Crippen molar-refractivity contribution in [3.63, 3.8) is 0 Å². The molecule has 1 aromatic rings. The van der Waals surface area contributed by atoms with Crippen LogP contribution in [0, 0.1) is 5.92 Å². The molecule has 0 bridgehead atoms. The second-order valence-electron chi connectivity index (χ2n) is 5.28. The van der Waals surface area contributed by atoms with Crippen LogP contribution in [0.25, 0.3) is 0 Å². The Morgan fingerprint density at radius 2 is 2.32 bits per heavy atom. The Bertz CT molecular complexity index is 485. The Labute approximate surface area is 120 Å². The first-order valence-corrected chi connectivity index (χ1v) is 7.34. The van der Waals surface area contributed by atoms with Crippen LogP contribution in [0.1, 0.15) is 29.6 Å². The molecular formula is C14H16BrNO3. The molecule has 2 atom stereocenters. The maximum atomic E-state index is 12.5. The van der Waals surface area contributed by atoms with Crippen LogP contribution in [0.5, 0.6) is 0 Å². The van der Waals surface area contributed by atoms with Gasteiger partial charge in [0.2, 0.25) is 0 Å². The summed E-state index contributed by atoms with van der Waals surface area (Å²) in [7, 11) is 0. The summed E-state index contributed by atoms with van der Waals surface area (Å²) in [6.45, 7) is 1.99. The average molecular weight is 326 g/mol. The van der Waals surface area contributed by atoms with Crippen molar-refractivity contribution >= 4 is 21.7 Å². The van der Waals surface area contributed by atoms with Gasteiger partial charge in [0.05, 0.1) is 12.2 Å². The molecule has 0 aliphatic carbocycles. The fourth-order valence-electron chi connectivity index (χ4n) is 2.90. The summed E-state index contributed by atoms with van der Waals surface area (Å²) in [4.78, 5) is 16.6. The zero-order valence-electron chi connectivity index (χ0n) is 10.6. The molecule has 3 rings (SSSR count). The predicted molar refractivity (Wildman–Crippen MR) is 73.1 cm³/mol. The van der Waals surface area contributed by atoms with Crippen molar-refractivity contribution in [3.05, 3.63) is 28.5 Å². The Hall–Kier alpha value is -0.780. The molecule has 2 aliphatic rings. The van der Waals surface area contributed by atoms with E-state index in [1.165, 1.54) is 0 Å². The van der Waals surface area contributed by atoms with E-state index in [0.717, 1.165) is 30.3 Å². The first-order chi connectivity index (χ1) is 9.19. The van der Waals surface area contributed by atoms with Gasteiger partial charge in [0.1, 0.15) is 0 Å². The SMILES string of the molecule is O=C(c1cncc(Br)c1)C1CCOC2(CCOC2)C1. The number of Topliss-reactive ketones (excluding diaryl/α,β-unsaturated/α-hetero) is 1. The van der Waals surface area contributed by atoms with E-state index in [1.54, 1.807) is 12.4 Å². The molecule has 2 saturated heterocycles. The quantitative estimate of drug-likeness (QED) is 0.784. The predicted octanol–water partition coefficient (Wildman–Crippen LogP) is 2.61. The molecular weight excluding hydrogens is 310 g/mol. The molecule has 4 nitrogen and oxygen atoms in total. The number of nitrogens with zero attached hydrogens (tertiary/aromatic N) is 1. The van der Waals surface area contributed by atoms with E-state index < -0.39 is 0 Å². The van der Waals surface area contributed by atoms with Crippen molar-refractivity contribution in [1.82, 2.24) is 4.98 Å². The minimum atomic E-state index is -0.224. The van der Waals surface area contributed by atoms with Crippen LogP contribution < -0.4 is 0 Å². The maximum absolute atomic E-state index is 12.5. The van der Waals surface area contributed by atoms with Gasteiger partial charge in [0, 0.05) is 48.0 Å². The number of pyridine rings is 1. The summed E-state index contributed by atoms with van der Waals surface area (Å²) < 4.78 is 12.1. The standard InChI is InChI=1S/C14H16BrNO3/c15-12-5-11(7-16-8-12)13(17)10-1-3-19-14(6-10)2-4-18-9-14/h5,7-8,10H,1-4,6,9H2. The van der Waals surface area contributed by atoms with Gasteiger partial charge >= 0.3 is 0 Å². The summed E-state index contributed by atoms with van der Waals surface area (Å²) in [5, 5.41) is 0. The summed E-state index contributed by atoms with van der Waals surface area (Å²) in [5.41, 5.74) is 0.452. The van der Waals surface area contributed by atoms with E-state index in [0.29, 0.717) is 18.8 Å². The van der Waals surface area contributed by atoms with Crippen LogP contribution in [0.4, 0.5) is 0 Å². The van der Waals surface area contributed by atoms with Crippen molar-refractivity contribution in [3.8, 4) is 0 Å². The van der Waals surface area contributed by atoms with Gasteiger partial charge in [-0.25, -0.2) is 0 Å². The lowest BCUT2D eigenvalue weighted by Gasteiger charge is -2.36. The minimum Gasteiger partial charge on any atom is -0.378 e. The van der Waals surface area contributed by atoms with Gasteiger partial charge < -0.3 is 9.47 Å². The second kappa shape index (κ2) is 5.31. The molecule has 102 valence electrons. The zero-order chi connectivity index (χ0) is 13.3. The van der Waals surface area contributed by atoms with Crippen molar-refractivity contribution in [2.75, 3.05) is 19.8 Å². The maximum Gasteiger partial charge on any atom is 0.167 e. The molecule has 0 saturated carbocycles. The van der Waals surface area contributed by atoms with Crippen LogP contribution in [-0.4, -0.2) is 36.2 Å². The molecule has 2 unspecified atom stereocenters. The normalized spacial score (nSPS) is 30.7. The lowest BCUT2D eigenvalue weighted by atomic mass is 9.81. The molecule has 0 amide bonds. The van der Waals surface area contributed by atoms with Gasteiger partial charge in [-0.3, -0.25) is 9.78 Å². The molecule has 19 heavy (non-hydrogen) atoms. The van der Waals surface area contributed by atoms with E-state index in [1.807, 2.05) is 6.07 Å². The number of halogens is 1. The van der Waals surface area contributed by atoms with Crippen LogP contribution in [0.15, 0.2) is 22.9 Å². The summed E-state index contributed by atoms with van der Waals surface area (Å²) in [6.07, 6.45) is 5.77. The van der Waals surface area contributed by atoms with E-state index in [4.69, 9.17) is 9.47 Å². The molecule has 0 radical (unpaired) electrons. The third-order valence-corrected chi connectivity index (χ3v) is 4.35. The van der Waals surface area contributed by atoms with E-state index in [9.17, 15) is 4.79 Å². The van der Waals surface area contributed by atoms with Gasteiger partial charge in [-0.2, -0.15) is 0 Å². The van der Waals surface area contributed by atoms with E-state index >= 15 is 0 Å². The van der Waals surface area contributed by atoms with E-state index in [-0.39, 0.29) is 17.3 Å². The van der Waals surface area contributed by atoms with Crippen molar-refractivity contribution in [1.29, 1.82) is 0 Å². The molecule has 5 heteroatoms. The lowest BCUT2D eigenvalue weighted by Crippen LogP contribution is -2.42. The Kier molecular flexibility index (Phi) is 3.69. The van der Waals surface area contributed by atoms with Crippen LogP contribution >= 0.6 is 15.9 Å². The monoisotopic (exact) mass is 325 g/mol. The molecule has 0 N–H and O–H groups in total. The number of hydrogen-bond donors (Lipinski definition) is 0. The van der Waals surface area contributed by atoms with Crippen molar-refractivity contribution in [2.24, 2.45) is 5.92 Å². The number of carbonyl (C=O) groups is 1. The van der Waals surface area contributed by atoms with E-state index in [2.05, 4.69) is 20.9 Å². The highest BCUT2D eigenvalue weighted by atomic mass is 79.9. The van der Waals surface area contributed by atoms with Crippen molar-refractivity contribution < 1.29 is 14.3 Å². The zero-order valence-corrected chi connectivity index (χ0v) is 12.2. The lowest BCUT2D eigenvalue weighted by molar-refractivity contribution is -0.0920. The van der Waals surface area contributed by atoms with Gasteiger partial charge in [-0.1, -0.05) is 0 Å². The second-order valence-corrected chi connectivity index (χ2v) is 6.20. The van der Waals surface area contributed by atoms with Crippen LogP contribution in [0.2, 0.25) is 0 Å². The topological polar surface area (TPSA) is 48.4 Å². The number of rotatable bonds is 2. The molecule has 0 aromatic carbocycles. The highest BCUT2D eigenvalue weighted by molar-refractivity contribution is 9.10. The average Bonchev–Trinajstić information content (AvgIpc) is 2.86. The summed E-state index contributed by atoms with van der Waals surface area (Å²) in [5.74, 6) is 0.190. The highest BCUT2D eigenvalue weighted by Gasteiger charge is 2.43. The van der Waals surface area contributed by atoms with Gasteiger partial charge in [0.25, 0.3) is 0 Å². The Morgan fingerprint density at radius 3 is 3.05 bits per heavy atom. The summed E-state index contributed by atoms with van der Waals surface area (Å²) in [6, 6.07) is 1.84. The van der Waals surface area contributed by atoms with Crippen molar-refractivity contribution in [2.45, 2.75) is 24.9 Å². The minimum absolute atomic E-state index is 0.0200. The number of ketones is 1. The first kappa shape index (κ1) is 13.2. The summed E-state index contributed by atoms with van der Waals surface area (Å²) >= 11 is 3.35. The van der Waals surface area contributed by atoms with Crippen LogP contribution in [0.3, 0.4) is 0 Å². The third kappa shape index (κ3) is 2.73. The van der Waals surface area contributed by atoms with Crippen LogP contribution in [-0.2, 0) is 9.47 Å². The fourth-order valence-corrected chi connectivity index (χ4v) is 3.26. The third-order valence-electron chi connectivity index (χ3n) is 3.92. The first-order valence-electron chi connectivity index (χ1n) is 6.55. The molecule has 3 heterocycles. The number of ether oxygens (including phenoxy) is 2. The molecule has 1 spiro atoms. The molecule has 2 fully saturated rings. The number of carbonyl (C=O) groups excluding carboxylic acids is 1.